The molecular formula is C44H88N2O4. The first kappa shape index (κ1) is 48.9. The normalized spacial score (nSPS) is 12.0. The van der Waals surface area contributed by atoms with Gasteiger partial charge in [0.2, 0.25) is 0 Å². The molecule has 1 atom stereocenters. The number of aliphatic carboxylic acids is 1. The van der Waals surface area contributed by atoms with Gasteiger partial charge in [0.25, 0.3) is 0 Å². The van der Waals surface area contributed by atoms with Crippen molar-refractivity contribution in [3.63, 3.8) is 0 Å². The Morgan fingerprint density at radius 3 is 1.28 bits per heavy atom. The number of unbranched alkanes of at least 4 members (excludes halogenated alkanes) is 31. The lowest BCUT2D eigenvalue weighted by Gasteiger charge is -2.16. The van der Waals surface area contributed by atoms with Gasteiger partial charge in [0, 0.05) is 25.4 Å². The molecule has 298 valence electrons. The van der Waals surface area contributed by atoms with Crippen molar-refractivity contribution in [3.05, 3.63) is 0 Å². The van der Waals surface area contributed by atoms with Crippen LogP contribution < -0.4 is 11.1 Å². The fraction of sp³-hybridized carbons (Fsp3) is 0.955. The van der Waals surface area contributed by atoms with Crippen molar-refractivity contribution in [1.29, 1.82) is 0 Å². The van der Waals surface area contributed by atoms with Gasteiger partial charge in [-0.15, -0.1) is 0 Å². The van der Waals surface area contributed by atoms with Crippen molar-refractivity contribution >= 4 is 11.9 Å². The second kappa shape index (κ2) is 42.3. The quantitative estimate of drug-likeness (QED) is 0.0430. The molecule has 0 rings (SSSR count). The van der Waals surface area contributed by atoms with Crippen LogP contribution in [-0.2, 0) is 14.3 Å². The van der Waals surface area contributed by atoms with E-state index < -0.39 is 5.97 Å². The summed E-state index contributed by atoms with van der Waals surface area (Å²) in [6, 6.07) is 0.478. The molecule has 0 aromatic rings. The molecule has 6 heteroatoms. The zero-order valence-electron chi connectivity index (χ0n) is 33.6. The van der Waals surface area contributed by atoms with Crippen LogP contribution in [0.15, 0.2) is 0 Å². The minimum Gasteiger partial charge on any atom is -0.481 e. The van der Waals surface area contributed by atoms with Crippen molar-refractivity contribution in [2.24, 2.45) is 5.73 Å². The second-order valence-electron chi connectivity index (χ2n) is 15.5. The highest BCUT2D eigenvalue weighted by Gasteiger charge is 2.06. The summed E-state index contributed by atoms with van der Waals surface area (Å²) in [5, 5.41) is 12.4. The summed E-state index contributed by atoms with van der Waals surface area (Å²) in [6.45, 7) is 4.74. The van der Waals surface area contributed by atoms with Gasteiger partial charge in [0.05, 0.1) is 6.61 Å². The Morgan fingerprint density at radius 1 is 0.500 bits per heavy atom. The van der Waals surface area contributed by atoms with Crippen LogP contribution in [0.5, 0.6) is 0 Å². The topological polar surface area (TPSA) is 102 Å². The van der Waals surface area contributed by atoms with Crippen LogP contribution in [0, 0.1) is 0 Å². The van der Waals surface area contributed by atoms with Crippen molar-refractivity contribution in [2.75, 3.05) is 19.7 Å². The Bertz CT molecular complexity index is 689. The Balaban J connectivity index is 3.30. The summed E-state index contributed by atoms with van der Waals surface area (Å²) < 4.78 is 5.45. The number of rotatable bonds is 43. The summed E-state index contributed by atoms with van der Waals surface area (Å²) in [4.78, 5) is 22.5. The molecule has 0 aliphatic heterocycles. The summed E-state index contributed by atoms with van der Waals surface area (Å²) in [6.07, 6.45) is 45.7. The summed E-state index contributed by atoms with van der Waals surface area (Å²) >= 11 is 0. The Hall–Kier alpha value is -1.14. The maximum absolute atomic E-state index is 12.0. The highest BCUT2D eigenvalue weighted by atomic mass is 16.5. The maximum atomic E-state index is 12.0. The van der Waals surface area contributed by atoms with Crippen molar-refractivity contribution in [2.45, 2.75) is 251 Å². The van der Waals surface area contributed by atoms with Gasteiger partial charge in [-0.25, -0.2) is 0 Å². The van der Waals surface area contributed by atoms with Crippen LogP contribution >= 0.6 is 0 Å². The Kier molecular flexibility index (Phi) is 41.3. The first-order chi connectivity index (χ1) is 24.6. The van der Waals surface area contributed by atoms with Gasteiger partial charge in [-0.2, -0.15) is 0 Å². The Labute approximate surface area is 312 Å². The lowest BCUT2D eigenvalue weighted by Crippen LogP contribution is -2.36. The highest BCUT2D eigenvalue weighted by Crippen LogP contribution is 2.15. The monoisotopic (exact) mass is 709 g/mol. The van der Waals surface area contributed by atoms with Crippen LogP contribution in [0.2, 0.25) is 0 Å². The number of ether oxygens (including phenoxy) is 1. The van der Waals surface area contributed by atoms with E-state index in [2.05, 4.69) is 12.2 Å². The SMILES string of the molecule is CCCCCCCCCCCCCCOC(=O)CCCCCCCCCCCCCNC(CN)CCCCCCCCCCCCCC(=O)O. The molecule has 6 nitrogen and oxygen atoms in total. The molecule has 0 amide bonds. The van der Waals surface area contributed by atoms with E-state index in [1.165, 1.54) is 193 Å². The standard InChI is InChI=1S/C44H88N2O4/c1-2-3-4-5-6-7-8-15-20-25-30-35-40-50-44(49)38-33-28-23-18-13-10-14-19-24-29-34-39-46-42(41-45)36-31-26-21-16-11-9-12-17-22-27-32-37-43(47)48/h42,46H,2-41,45H2,1H3,(H,47,48). The predicted octanol–water partition coefficient (Wildman–Crippen LogP) is 13.0. The van der Waals surface area contributed by atoms with Gasteiger partial charge in [0.1, 0.15) is 0 Å². The Morgan fingerprint density at radius 2 is 0.860 bits per heavy atom. The molecule has 1 unspecified atom stereocenters. The van der Waals surface area contributed by atoms with Crippen LogP contribution in [0.1, 0.15) is 244 Å². The molecule has 50 heavy (non-hydrogen) atoms. The summed E-state index contributed by atoms with van der Waals surface area (Å²) in [7, 11) is 0. The molecule has 0 aromatic carbocycles. The minimum atomic E-state index is -0.665. The van der Waals surface area contributed by atoms with Crippen molar-refractivity contribution in [3.8, 4) is 0 Å². The molecule has 0 aliphatic rings. The smallest absolute Gasteiger partial charge is 0.305 e. The third-order valence-corrected chi connectivity index (χ3v) is 10.5. The number of carbonyl (C=O) groups is 2. The first-order valence-corrected chi connectivity index (χ1v) is 22.4. The van der Waals surface area contributed by atoms with E-state index in [0.29, 0.717) is 25.5 Å². The summed E-state index contributed by atoms with van der Waals surface area (Å²) in [5.74, 6) is -0.655. The second-order valence-corrected chi connectivity index (χ2v) is 15.5. The molecule has 0 aromatic heterocycles. The number of hydrogen-bond acceptors (Lipinski definition) is 5. The molecule has 0 aliphatic carbocycles. The fourth-order valence-corrected chi connectivity index (χ4v) is 7.05. The number of carboxylic acid groups (broad SMARTS) is 1. The number of esters is 1. The molecule has 0 spiro atoms. The van der Waals surface area contributed by atoms with Gasteiger partial charge < -0.3 is 20.9 Å². The maximum Gasteiger partial charge on any atom is 0.305 e. The van der Waals surface area contributed by atoms with Crippen LogP contribution in [0.4, 0.5) is 0 Å². The van der Waals surface area contributed by atoms with Gasteiger partial charge in [-0.1, -0.05) is 200 Å². The highest BCUT2D eigenvalue weighted by molar-refractivity contribution is 5.69. The molecule has 0 saturated heterocycles. The molecule has 0 radical (unpaired) electrons. The third-order valence-electron chi connectivity index (χ3n) is 10.5. The fourth-order valence-electron chi connectivity index (χ4n) is 7.05. The van der Waals surface area contributed by atoms with Crippen molar-refractivity contribution in [1.82, 2.24) is 5.32 Å². The zero-order valence-corrected chi connectivity index (χ0v) is 33.6. The molecule has 0 saturated carbocycles. The predicted molar refractivity (Wildman–Crippen MR) is 216 cm³/mol. The largest absolute Gasteiger partial charge is 0.481 e. The van der Waals surface area contributed by atoms with Crippen molar-refractivity contribution < 1.29 is 19.4 Å². The molecular weight excluding hydrogens is 620 g/mol. The van der Waals surface area contributed by atoms with Gasteiger partial charge >= 0.3 is 11.9 Å². The van der Waals surface area contributed by atoms with Crippen LogP contribution in [0.25, 0.3) is 0 Å². The number of carboxylic acids is 1. The lowest BCUT2D eigenvalue weighted by atomic mass is 10.0. The minimum absolute atomic E-state index is 0.0101. The number of nitrogens with one attached hydrogen (secondary N) is 1. The van der Waals surface area contributed by atoms with E-state index in [1.54, 1.807) is 0 Å². The van der Waals surface area contributed by atoms with Gasteiger partial charge in [-0.05, 0) is 38.6 Å². The van der Waals surface area contributed by atoms with E-state index in [1.807, 2.05) is 0 Å². The van der Waals surface area contributed by atoms with Crippen LogP contribution in [-0.4, -0.2) is 42.8 Å². The molecule has 0 bridgehead atoms. The first-order valence-electron chi connectivity index (χ1n) is 22.4. The number of carbonyl (C=O) groups excluding carboxylic acids is 1. The van der Waals surface area contributed by atoms with Gasteiger partial charge in [0.15, 0.2) is 0 Å². The zero-order chi connectivity index (χ0) is 36.4. The van der Waals surface area contributed by atoms with E-state index in [4.69, 9.17) is 15.6 Å². The van der Waals surface area contributed by atoms with E-state index >= 15 is 0 Å². The van der Waals surface area contributed by atoms with Crippen LogP contribution in [0.3, 0.4) is 0 Å². The lowest BCUT2D eigenvalue weighted by molar-refractivity contribution is -0.144. The van der Waals surface area contributed by atoms with E-state index in [-0.39, 0.29) is 5.97 Å². The average molecular weight is 709 g/mol. The molecule has 0 fully saturated rings. The molecule has 0 heterocycles. The third kappa shape index (κ3) is 41.3. The summed E-state index contributed by atoms with van der Waals surface area (Å²) in [5.41, 5.74) is 6.03. The number of nitrogens with two attached hydrogens (primary N) is 1. The van der Waals surface area contributed by atoms with E-state index in [9.17, 15) is 9.59 Å². The molecule has 4 N–H and O–H groups in total. The average Bonchev–Trinajstić information content (AvgIpc) is 3.11. The van der Waals surface area contributed by atoms with Gasteiger partial charge in [-0.3, -0.25) is 9.59 Å². The van der Waals surface area contributed by atoms with E-state index in [0.717, 1.165) is 45.2 Å². The number of hydrogen-bond donors (Lipinski definition) is 3.